The van der Waals surface area contributed by atoms with E-state index in [4.69, 9.17) is 16.7 Å². The molecule has 0 aliphatic heterocycles. The van der Waals surface area contributed by atoms with E-state index in [0.29, 0.717) is 5.02 Å². The highest BCUT2D eigenvalue weighted by molar-refractivity contribution is 6.31. The van der Waals surface area contributed by atoms with Gasteiger partial charge >= 0.3 is 0 Å². The molecule has 0 spiro atoms. The molecule has 0 bridgehead atoms. The molecule has 0 saturated carbocycles. The summed E-state index contributed by atoms with van der Waals surface area (Å²) in [4.78, 5) is 0. The monoisotopic (exact) mass is 202 g/mol. The Balaban J connectivity index is 3.20. The maximum absolute atomic E-state index is 12.9. The van der Waals surface area contributed by atoms with Gasteiger partial charge in [0.1, 0.15) is 5.82 Å². The van der Waals surface area contributed by atoms with Gasteiger partial charge in [0.15, 0.2) is 0 Å². The number of aliphatic hydroxyl groups is 1. The van der Waals surface area contributed by atoms with Crippen LogP contribution in [0.3, 0.4) is 0 Å². The maximum Gasteiger partial charge on any atom is 0.124 e. The molecule has 0 aliphatic carbocycles. The third-order valence-electron chi connectivity index (χ3n) is 2.15. The number of halogens is 2. The lowest BCUT2D eigenvalue weighted by atomic mass is 9.97. The molecule has 0 amide bonds. The Labute approximate surface area is 82.2 Å². The van der Waals surface area contributed by atoms with Crippen molar-refractivity contribution in [1.82, 2.24) is 0 Å². The van der Waals surface area contributed by atoms with Gasteiger partial charge in [0.2, 0.25) is 0 Å². The molecule has 0 aromatic heterocycles. The van der Waals surface area contributed by atoms with Crippen LogP contribution in [0.1, 0.15) is 24.0 Å². The third kappa shape index (κ3) is 2.20. The van der Waals surface area contributed by atoms with Gasteiger partial charge in [0.05, 0.1) is 0 Å². The standard InChI is InChI=1S/C10H12ClFO/c1-6(5-13)9-3-8(12)4-10(11)7(9)2/h3-4,6,13H,5H2,1-2H3. The summed E-state index contributed by atoms with van der Waals surface area (Å²) < 4.78 is 12.9. The van der Waals surface area contributed by atoms with Gasteiger partial charge in [-0.05, 0) is 30.2 Å². The molecule has 1 N–H and O–H groups in total. The molecule has 0 aliphatic rings. The molecule has 0 radical (unpaired) electrons. The molecule has 1 rings (SSSR count). The summed E-state index contributed by atoms with van der Waals surface area (Å²) in [6.07, 6.45) is 0. The van der Waals surface area contributed by atoms with Crippen molar-refractivity contribution in [2.45, 2.75) is 19.8 Å². The van der Waals surface area contributed by atoms with Crippen LogP contribution in [0, 0.1) is 12.7 Å². The van der Waals surface area contributed by atoms with Gasteiger partial charge in [0, 0.05) is 17.5 Å². The lowest BCUT2D eigenvalue weighted by Gasteiger charge is -2.12. The van der Waals surface area contributed by atoms with E-state index in [1.54, 1.807) is 0 Å². The van der Waals surface area contributed by atoms with Crippen LogP contribution in [-0.4, -0.2) is 11.7 Å². The lowest BCUT2D eigenvalue weighted by Crippen LogP contribution is -2.02. The summed E-state index contributed by atoms with van der Waals surface area (Å²) in [7, 11) is 0. The van der Waals surface area contributed by atoms with E-state index in [9.17, 15) is 4.39 Å². The van der Waals surface area contributed by atoms with Crippen LogP contribution < -0.4 is 0 Å². The predicted octanol–water partition coefficient (Wildman–Crippen LogP) is 2.88. The van der Waals surface area contributed by atoms with Crippen LogP contribution in [0.15, 0.2) is 12.1 Å². The van der Waals surface area contributed by atoms with Gasteiger partial charge in [-0.3, -0.25) is 0 Å². The topological polar surface area (TPSA) is 20.2 Å². The largest absolute Gasteiger partial charge is 0.396 e. The summed E-state index contributed by atoms with van der Waals surface area (Å²) in [6.45, 7) is 3.65. The van der Waals surface area contributed by atoms with Gasteiger partial charge in [-0.25, -0.2) is 4.39 Å². The first-order chi connectivity index (χ1) is 6.06. The quantitative estimate of drug-likeness (QED) is 0.782. The van der Waals surface area contributed by atoms with Gasteiger partial charge in [-0.1, -0.05) is 18.5 Å². The molecule has 1 nitrogen and oxygen atoms in total. The summed E-state index contributed by atoms with van der Waals surface area (Å²) in [5.41, 5.74) is 1.61. The molecular formula is C10H12ClFO. The van der Waals surface area contributed by atoms with E-state index in [1.165, 1.54) is 12.1 Å². The summed E-state index contributed by atoms with van der Waals surface area (Å²) in [5.74, 6) is -0.431. The Morgan fingerprint density at radius 1 is 1.54 bits per heavy atom. The Hall–Kier alpha value is -0.600. The zero-order valence-corrected chi connectivity index (χ0v) is 8.40. The minimum Gasteiger partial charge on any atom is -0.396 e. The zero-order valence-electron chi connectivity index (χ0n) is 7.64. The molecule has 1 unspecified atom stereocenters. The minimum absolute atomic E-state index is 0.000617. The van der Waals surface area contributed by atoms with Gasteiger partial charge in [0.25, 0.3) is 0 Å². The summed E-state index contributed by atoms with van der Waals surface area (Å²) in [6, 6.07) is 2.70. The molecule has 0 saturated heterocycles. The van der Waals surface area contributed by atoms with E-state index >= 15 is 0 Å². The van der Waals surface area contributed by atoms with Crippen LogP contribution in [0.2, 0.25) is 5.02 Å². The average Bonchev–Trinajstić information content (AvgIpc) is 2.10. The SMILES string of the molecule is Cc1c(Cl)cc(F)cc1C(C)CO. The second kappa shape index (κ2) is 4.07. The second-order valence-electron chi connectivity index (χ2n) is 3.19. The van der Waals surface area contributed by atoms with Crippen molar-refractivity contribution < 1.29 is 9.50 Å². The fraction of sp³-hybridized carbons (Fsp3) is 0.400. The van der Waals surface area contributed by atoms with Gasteiger partial charge in [-0.2, -0.15) is 0 Å². The Kier molecular flexibility index (Phi) is 3.28. The Bertz CT molecular complexity index is 312. The number of aliphatic hydroxyl groups excluding tert-OH is 1. The molecule has 1 aromatic rings. The van der Waals surface area contributed by atoms with Crippen molar-refractivity contribution in [3.8, 4) is 0 Å². The van der Waals surface area contributed by atoms with E-state index in [0.717, 1.165) is 11.1 Å². The van der Waals surface area contributed by atoms with E-state index in [2.05, 4.69) is 0 Å². The predicted molar refractivity (Wildman–Crippen MR) is 51.6 cm³/mol. The van der Waals surface area contributed by atoms with Crippen LogP contribution in [-0.2, 0) is 0 Å². The van der Waals surface area contributed by atoms with Crippen molar-refractivity contribution in [2.75, 3.05) is 6.61 Å². The maximum atomic E-state index is 12.9. The zero-order chi connectivity index (χ0) is 10.0. The molecule has 3 heteroatoms. The Morgan fingerprint density at radius 3 is 2.69 bits per heavy atom. The molecule has 0 heterocycles. The average molecular weight is 203 g/mol. The highest BCUT2D eigenvalue weighted by Crippen LogP contribution is 2.26. The molecule has 1 atom stereocenters. The smallest absolute Gasteiger partial charge is 0.124 e. The van der Waals surface area contributed by atoms with Gasteiger partial charge < -0.3 is 5.11 Å². The fourth-order valence-electron chi connectivity index (χ4n) is 1.28. The number of rotatable bonds is 2. The highest BCUT2D eigenvalue weighted by atomic mass is 35.5. The minimum atomic E-state index is -0.356. The third-order valence-corrected chi connectivity index (χ3v) is 2.55. The number of hydrogen-bond acceptors (Lipinski definition) is 1. The summed E-state index contributed by atoms with van der Waals surface area (Å²) in [5, 5.41) is 9.34. The lowest BCUT2D eigenvalue weighted by molar-refractivity contribution is 0.272. The fourth-order valence-corrected chi connectivity index (χ4v) is 1.49. The van der Waals surface area contributed by atoms with E-state index in [-0.39, 0.29) is 18.3 Å². The first-order valence-corrected chi connectivity index (χ1v) is 4.50. The number of hydrogen-bond donors (Lipinski definition) is 1. The molecule has 72 valence electrons. The molecular weight excluding hydrogens is 191 g/mol. The van der Waals surface area contributed by atoms with Crippen molar-refractivity contribution in [1.29, 1.82) is 0 Å². The van der Waals surface area contributed by atoms with Crippen LogP contribution in [0.4, 0.5) is 4.39 Å². The molecule has 0 fully saturated rings. The van der Waals surface area contributed by atoms with Gasteiger partial charge in [-0.15, -0.1) is 0 Å². The van der Waals surface area contributed by atoms with E-state index in [1.807, 2.05) is 13.8 Å². The normalized spacial score (nSPS) is 13.0. The highest BCUT2D eigenvalue weighted by Gasteiger charge is 2.11. The first kappa shape index (κ1) is 10.5. The first-order valence-electron chi connectivity index (χ1n) is 4.12. The van der Waals surface area contributed by atoms with E-state index < -0.39 is 0 Å². The molecule has 13 heavy (non-hydrogen) atoms. The van der Waals surface area contributed by atoms with Crippen LogP contribution in [0.25, 0.3) is 0 Å². The van der Waals surface area contributed by atoms with Crippen molar-refractivity contribution in [2.24, 2.45) is 0 Å². The number of benzene rings is 1. The Morgan fingerprint density at radius 2 is 2.15 bits per heavy atom. The van der Waals surface area contributed by atoms with Crippen molar-refractivity contribution >= 4 is 11.6 Å². The summed E-state index contributed by atoms with van der Waals surface area (Å²) >= 11 is 5.80. The van der Waals surface area contributed by atoms with Crippen LogP contribution >= 0.6 is 11.6 Å². The van der Waals surface area contributed by atoms with Crippen molar-refractivity contribution in [3.63, 3.8) is 0 Å². The second-order valence-corrected chi connectivity index (χ2v) is 3.59. The van der Waals surface area contributed by atoms with Crippen LogP contribution in [0.5, 0.6) is 0 Å². The molecule has 1 aromatic carbocycles. The van der Waals surface area contributed by atoms with Crippen molar-refractivity contribution in [3.05, 3.63) is 34.1 Å².